The molecule has 1 N–H and O–H groups in total. The van der Waals surface area contributed by atoms with Gasteiger partial charge in [0.15, 0.2) is 0 Å². The summed E-state index contributed by atoms with van der Waals surface area (Å²) in [5, 5.41) is 4.38. The van der Waals surface area contributed by atoms with Crippen LogP contribution < -0.4 is 15.6 Å². The van der Waals surface area contributed by atoms with Crippen molar-refractivity contribution < 1.29 is 13.5 Å². The number of pyridine rings is 2. The summed E-state index contributed by atoms with van der Waals surface area (Å²) in [6.45, 7) is 1.84. The number of benzene rings is 1. The third-order valence-corrected chi connectivity index (χ3v) is 5.03. The highest BCUT2D eigenvalue weighted by molar-refractivity contribution is 5.84. The third kappa shape index (κ3) is 3.40. The summed E-state index contributed by atoms with van der Waals surface area (Å²) in [5.74, 6) is 1.05. The number of rotatable bonds is 4. The van der Waals surface area contributed by atoms with Gasteiger partial charge in [0.05, 0.1) is 11.9 Å². The number of aromatic nitrogens is 2. The maximum absolute atomic E-state index is 12.9. The first-order valence-corrected chi connectivity index (χ1v) is 9.39. The van der Waals surface area contributed by atoms with Crippen LogP contribution in [0.4, 0.5) is 4.39 Å². The Morgan fingerprint density at radius 2 is 2.14 bits per heavy atom. The molecule has 0 saturated carbocycles. The van der Waals surface area contributed by atoms with E-state index in [-0.39, 0.29) is 12.2 Å². The number of hydrogen-bond donors (Lipinski definition) is 1. The number of fused-ring (bicyclic) bond motifs is 3. The molecule has 3 aromatic heterocycles. The molecule has 0 bridgehead atoms. The molecule has 1 aliphatic heterocycles. The van der Waals surface area contributed by atoms with Gasteiger partial charge in [0.25, 0.3) is 5.56 Å². The lowest BCUT2D eigenvalue weighted by Gasteiger charge is -2.11. The van der Waals surface area contributed by atoms with Crippen LogP contribution in [0.15, 0.2) is 64.1 Å². The summed E-state index contributed by atoms with van der Waals surface area (Å²) in [6.07, 6.45) is 3.69. The maximum atomic E-state index is 12.9. The molecule has 1 aromatic carbocycles. The van der Waals surface area contributed by atoms with Crippen molar-refractivity contribution in [2.24, 2.45) is 0 Å². The zero-order valence-corrected chi connectivity index (χ0v) is 15.5. The first-order valence-electron chi connectivity index (χ1n) is 9.39. The number of hydrogen-bond acceptors (Lipinski definition) is 5. The molecule has 0 atom stereocenters. The summed E-state index contributed by atoms with van der Waals surface area (Å²) in [6, 6.07) is 11.8. The van der Waals surface area contributed by atoms with E-state index in [2.05, 4.69) is 10.3 Å². The molecule has 0 spiro atoms. The van der Waals surface area contributed by atoms with Crippen LogP contribution in [0.25, 0.3) is 16.7 Å². The van der Waals surface area contributed by atoms with E-state index in [1.165, 1.54) is 12.1 Å². The molecule has 0 amide bonds. The van der Waals surface area contributed by atoms with E-state index < -0.39 is 5.82 Å². The first kappa shape index (κ1) is 17.6. The van der Waals surface area contributed by atoms with Crippen molar-refractivity contribution >= 4 is 11.0 Å². The average molecular weight is 391 g/mol. The van der Waals surface area contributed by atoms with E-state index in [4.69, 9.17) is 9.15 Å². The fourth-order valence-electron chi connectivity index (χ4n) is 3.56. The van der Waals surface area contributed by atoms with Crippen LogP contribution in [0.1, 0.15) is 17.0 Å². The molecular formula is C22H18FN3O3. The topological polar surface area (TPSA) is 69.3 Å². The van der Waals surface area contributed by atoms with Gasteiger partial charge in [-0.25, -0.2) is 4.39 Å². The second kappa shape index (κ2) is 7.18. The number of nitrogens with zero attached hydrogens (tertiary/aromatic N) is 2. The van der Waals surface area contributed by atoms with Crippen molar-refractivity contribution in [2.75, 3.05) is 6.54 Å². The molecule has 146 valence electrons. The second-order valence-corrected chi connectivity index (χ2v) is 6.94. The Bertz CT molecular complexity index is 1240. The van der Waals surface area contributed by atoms with E-state index in [1.54, 1.807) is 22.9 Å². The quantitative estimate of drug-likeness (QED) is 0.578. The molecule has 7 heteroatoms. The minimum absolute atomic E-state index is 0.157. The van der Waals surface area contributed by atoms with Crippen molar-refractivity contribution in [1.29, 1.82) is 0 Å². The largest absolute Gasteiger partial charge is 0.487 e. The van der Waals surface area contributed by atoms with E-state index >= 15 is 0 Å². The normalized spacial score (nSPS) is 13.4. The molecule has 0 radical (unpaired) electrons. The molecular weight excluding hydrogens is 373 g/mol. The van der Waals surface area contributed by atoms with Gasteiger partial charge < -0.3 is 14.5 Å². The molecule has 29 heavy (non-hydrogen) atoms. The van der Waals surface area contributed by atoms with Crippen molar-refractivity contribution in [3.8, 4) is 11.4 Å². The lowest BCUT2D eigenvalue weighted by atomic mass is 10.1. The zero-order chi connectivity index (χ0) is 19.8. The third-order valence-electron chi connectivity index (χ3n) is 5.03. The molecule has 4 aromatic rings. The van der Waals surface area contributed by atoms with Crippen LogP contribution >= 0.6 is 0 Å². The summed E-state index contributed by atoms with van der Waals surface area (Å²) >= 11 is 0. The van der Waals surface area contributed by atoms with Gasteiger partial charge in [-0.1, -0.05) is 0 Å². The van der Waals surface area contributed by atoms with Crippen LogP contribution in [0.3, 0.4) is 0 Å². The fraction of sp³-hybridized carbons (Fsp3) is 0.182. The summed E-state index contributed by atoms with van der Waals surface area (Å²) < 4.78 is 26.0. The van der Waals surface area contributed by atoms with Gasteiger partial charge >= 0.3 is 0 Å². The highest BCUT2D eigenvalue weighted by atomic mass is 19.1. The minimum atomic E-state index is -0.400. The van der Waals surface area contributed by atoms with Crippen LogP contribution in [-0.4, -0.2) is 16.1 Å². The molecule has 4 heterocycles. The number of ether oxygens (including phenoxy) is 1. The highest BCUT2D eigenvalue weighted by Crippen LogP contribution is 2.29. The van der Waals surface area contributed by atoms with Crippen LogP contribution in [-0.2, 0) is 19.6 Å². The molecule has 0 unspecified atom stereocenters. The van der Waals surface area contributed by atoms with Crippen LogP contribution in [0, 0.1) is 5.82 Å². The molecule has 1 aliphatic rings. The van der Waals surface area contributed by atoms with Gasteiger partial charge in [-0.15, -0.1) is 0 Å². The Morgan fingerprint density at radius 3 is 2.97 bits per heavy atom. The standard InChI is InChI=1S/C22H18FN3O3/c23-14-1-2-15(25-11-14)13-28-17-6-8-26(22(27)10-17)16-3-4-20-18(9-16)19-12-24-7-5-21(19)29-20/h1-4,6,8-11,24H,5,7,12-13H2. The predicted molar refractivity (Wildman–Crippen MR) is 106 cm³/mol. The van der Waals surface area contributed by atoms with Crippen molar-refractivity contribution in [3.05, 3.63) is 88.0 Å². The van der Waals surface area contributed by atoms with Crippen molar-refractivity contribution in [2.45, 2.75) is 19.6 Å². The Labute approximate surface area is 165 Å². The zero-order valence-electron chi connectivity index (χ0n) is 15.5. The number of nitrogens with one attached hydrogen (secondary N) is 1. The Morgan fingerprint density at radius 1 is 1.21 bits per heavy atom. The summed E-state index contributed by atoms with van der Waals surface area (Å²) in [5.41, 5.74) is 3.14. The Balaban J connectivity index is 1.41. The smallest absolute Gasteiger partial charge is 0.258 e. The van der Waals surface area contributed by atoms with Gasteiger partial charge in [-0.2, -0.15) is 0 Å². The minimum Gasteiger partial charge on any atom is -0.487 e. The Kier molecular flexibility index (Phi) is 4.37. The van der Waals surface area contributed by atoms with E-state index in [0.29, 0.717) is 11.4 Å². The van der Waals surface area contributed by atoms with Gasteiger partial charge in [0, 0.05) is 48.4 Å². The molecule has 0 saturated heterocycles. The number of halogens is 1. The van der Waals surface area contributed by atoms with Gasteiger partial charge in [0.1, 0.15) is 29.5 Å². The van der Waals surface area contributed by atoms with Crippen LogP contribution in [0.2, 0.25) is 0 Å². The molecule has 6 nitrogen and oxygen atoms in total. The fourth-order valence-corrected chi connectivity index (χ4v) is 3.56. The lowest BCUT2D eigenvalue weighted by Crippen LogP contribution is -2.22. The highest BCUT2D eigenvalue weighted by Gasteiger charge is 2.18. The van der Waals surface area contributed by atoms with Gasteiger partial charge in [0.2, 0.25) is 0 Å². The molecule has 5 rings (SSSR count). The van der Waals surface area contributed by atoms with E-state index in [0.717, 1.165) is 53.7 Å². The first-order chi connectivity index (χ1) is 14.2. The molecule has 0 aliphatic carbocycles. The monoisotopic (exact) mass is 391 g/mol. The van der Waals surface area contributed by atoms with Crippen LogP contribution in [0.5, 0.6) is 5.75 Å². The van der Waals surface area contributed by atoms with E-state index in [9.17, 15) is 9.18 Å². The Hall–Kier alpha value is -3.45. The van der Waals surface area contributed by atoms with Crippen molar-refractivity contribution in [3.63, 3.8) is 0 Å². The molecule has 0 fully saturated rings. The lowest BCUT2D eigenvalue weighted by molar-refractivity contribution is 0.300. The van der Waals surface area contributed by atoms with Crippen molar-refractivity contribution in [1.82, 2.24) is 14.9 Å². The maximum Gasteiger partial charge on any atom is 0.258 e. The summed E-state index contributed by atoms with van der Waals surface area (Å²) in [7, 11) is 0. The van der Waals surface area contributed by atoms with Gasteiger partial charge in [-0.05, 0) is 36.4 Å². The SMILES string of the molecule is O=c1cc(OCc2ccc(F)cn2)ccn1-c1ccc2oc3c(c2c1)CNCC3. The average Bonchev–Trinajstić information content (AvgIpc) is 3.11. The predicted octanol–water partition coefficient (Wildman–Crippen LogP) is 3.34. The van der Waals surface area contributed by atoms with E-state index in [1.807, 2.05) is 18.2 Å². The summed E-state index contributed by atoms with van der Waals surface area (Å²) in [4.78, 5) is 16.6. The number of furan rings is 1. The van der Waals surface area contributed by atoms with Gasteiger partial charge in [-0.3, -0.25) is 14.3 Å². The second-order valence-electron chi connectivity index (χ2n) is 6.94.